The molecule has 0 unspecified atom stereocenters. The van der Waals surface area contributed by atoms with Crippen molar-refractivity contribution in [1.29, 1.82) is 0 Å². The smallest absolute Gasteiger partial charge is 0.392 e. The fraction of sp³-hybridized carbons (Fsp3) is 0.333. The van der Waals surface area contributed by atoms with Crippen molar-refractivity contribution in [2.75, 3.05) is 0 Å². The van der Waals surface area contributed by atoms with Crippen molar-refractivity contribution in [3.8, 4) is 0 Å². The third-order valence-corrected chi connectivity index (χ3v) is 1.80. The van der Waals surface area contributed by atoms with Crippen molar-refractivity contribution in [1.82, 2.24) is 0 Å². The van der Waals surface area contributed by atoms with Crippen molar-refractivity contribution in [2.45, 2.75) is 19.7 Å². The molecular formula is C9H8F4O. The van der Waals surface area contributed by atoms with Gasteiger partial charge in [-0.1, -0.05) is 6.07 Å². The van der Waals surface area contributed by atoms with Gasteiger partial charge in [-0.3, -0.25) is 0 Å². The van der Waals surface area contributed by atoms with Gasteiger partial charge in [0.2, 0.25) is 0 Å². The molecule has 0 aliphatic carbocycles. The molecule has 0 aliphatic rings. The molecule has 0 saturated carbocycles. The zero-order chi connectivity index (χ0) is 10.9. The number of aliphatic hydroxyl groups excluding tert-OH is 1. The molecule has 0 aliphatic heterocycles. The van der Waals surface area contributed by atoms with E-state index in [2.05, 4.69) is 0 Å². The Kier molecular flexibility index (Phi) is 2.80. The Morgan fingerprint density at radius 2 is 1.86 bits per heavy atom. The minimum absolute atomic E-state index is 0.0521. The fourth-order valence-electron chi connectivity index (χ4n) is 1.14. The van der Waals surface area contributed by atoms with Crippen LogP contribution < -0.4 is 0 Å². The molecule has 0 saturated heterocycles. The molecule has 0 atom stereocenters. The van der Waals surface area contributed by atoms with Crippen molar-refractivity contribution < 1.29 is 22.7 Å². The van der Waals surface area contributed by atoms with Gasteiger partial charge in [-0.25, -0.2) is 4.39 Å². The lowest BCUT2D eigenvalue weighted by Gasteiger charge is -2.11. The number of rotatable bonds is 1. The number of halogens is 4. The zero-order valence-corrected chi connectivity index (χ0v) is 7.32. The first-order valence-electron chi connectivity index (χ1n) is 3.83. The lowest BCUT2D eigenvalue weighted by molar-refractivity contribution is -0.140. The minimum atomic E-state index is -4.72. The predicted octanol–water partition coefficient (Wildman–Crippen LogP) is 2.65. The largest absolute Gasteiger partial charge is 0.419 e. The first-order chi connectivity index (χ1) is 6.36. The Morgan fingerprint density at radius 3 is 2.29 bits per heavy atom. The number of alkyl halides is 3. The van der Waals surface area contributed by atoms with Crippen molar-refractivity contribution in [3.05, 3.63) is 34.6 Å². The molecule has 1 aromatic rings. The van der Waals surface area contributed by atoms with Crippen LogP contribution in [0.1, 0.15) is 16.7 Å². The number of aryl methyl sites for hydroxylation is 1. The van der Waals surface area contributed by atoms with E-state index in [1.165, 1.54) is 13.0 Å². The second kappa shape index (κ2) is 3.57. The number of hydrogen-bond acceptors (Lipinski definition) is 1. The third-order valence-electron chi connectivity index (χ3n) is 1.80. The van der Waals surface area contributed by atoms with Crippen LogP contribution in [0.4, 0.5) is 17.6 Å². The van der Waals surface area contributed by atoms with Crippen LogP contribution in [0.15, 0.2) is 12.1 Å². The van der Waals surface area contributed by atoms with E-state index in [1.54, 1.807) is 0 Å². The summed E-state index contributed by atoms with van der Waals surface area (Å²) in [4.78, 5) is 0. The first-order valence-corrected chi connectivity index (χ1v) is 3.83. The molecule has 0 aromatic heterocycles. The summed E-state index contributed by atoms with van der Waals surface area (Å²) in [7, 11) is 0. The van der Waals surface area contributed by atoms with Gasteiger partial charge < -0.3 is 5.11 Å². The molecule has 78 valence electrons. The highest BCUT2D eigenvalue weighted by atomic mass is 19.4. The first kappa shape index (κ1) is 11.0. The van der Waals surface area contributed by atoms with Crippen LogP contribution in [0.3, 0.4) is 0 Å². The standard InChI is InChI=1S/C9H8F4O/c1-5-2-6(4-14)3-7(8(5)10)9(11,12)13/h2-3,14H,4H2,1H3. The summed E-state index contributed by atoms with van der Waals surface area (Å²) in [6, 6.07) is 1.80. The Bertz CT molecular complexity index is 343. The van der Waals surface area contributed by atoms with Gasteiger partial charge in [0.1, 0.15) is 5.82 Å². The molecule has 0 heterocycles. The van der Waals surface area contributed by atoms with Crippen LogP contribution in [0, 0.1) is 12.7 Å². The molecule has 1 nitrogen and oxygen atoms in total. The zero-order valence-electron chi connectivity index (χ0n) is 7.32. The molecule has 1 N–H and O–H groups in total. The monoisotopic (exact) mass is 208 g/mol. The minimum Gasteiger partial charge on any atom is -0.392 e. The SMILES string of the molecule is Cc1cc(CO)cc(C(F)(F)F)c1F. The van der Waals surface area contributed by atoms with Gasteiger partial charge in [0.15, 0.2) is 0 Å². The van der Waals surface area contributed by atoms with Gasteiger partial charge in [0.05, 0.1) is 12.2 Å². The van der Waals surface area contributed by atoms with Gasteiger partial charge in [-0.05, 0) is 24.1 Å². The highest BCUT2D eigenvalue weighted by molar-refractivity contribution is 5.32. The Morgan fingerprint density at radius 1 is 1.29 bits per heavy atom. The number of hydrogen-bond donors (Lipinski definition) is 1. The van der Waals surface area contributed by atoms with E-state index in [0.717, 1.165) is 0 Å². The van der Waals surface area contributed by atoms with Crippen LogP contribution in [-0.4, -0.2) is 5.11 Å². The van der Waals surface area contributed by atoms with Gasteiger partial charge >= 0.3 is 6.18 Å². The molecule has 0 fully saturated rings. The maximum atomic E-state index is 13.0. The molecule has 1 aromatic carbocycles. The van der Waals surface area contributed by atoms with Crippen LogP contribution in [0.2, 0.25) is 0 Å². The maximum absolute atomic E-state index is 13.0. The second-order valence-electron chi connectivity index (χ2n) is 2.93. The average Bonchev–Trinajstić information content (AvgIpc) is 2.07. The quantitative estimate of drug-likeness (QED) is 0.703. The van der Waals surface area contributed by atoms with E-state index in [4.69, 9.17) is 5.11 Å². The second-order valence-corrected chi connectivity index (χ2v) is 2.93. The average molecular weight is 208 g/mol. The summed E-state index contributed by atoms with van der Waals surface area (Å²) in [5.74, 6) is -1.28. The Hall–Kier alpha value is -1.10. The lowest BCUT2D eigenvalue weighted by Crippen LogP contribution is -2.10. The Labute approximate surface area is 78.0 Å². The fourth-order valence-corrected chi connectivity index (χ4v) is 1.14. The number of aliphatic hydroxyl groups is 1. The summed E-state index contributed by atoms with van der Waals surface area (Å²) in [5.41, 5.74) is -1.40. The molecule has 1 rings (SSSR count). The van der Waals surface area contributed by atoms with Gasteiger partial charge in [-0.15, -0.1) is 0 Å². The molecule has 0 amide bonds. The summed E-state index contributed by atoms with van der Waals surface area (Å²) in [6.45, 7) is 0.688. The van der Waals surface area contributed by atoms with Crippen LogP contribution in [0.5, 0.6) is 0 Å². The van der Waals surface area contributed by atoms with Gasteiger partial charge in [0.25, 0.3) is 0 Å². The highest BCUT2D eigenvalue weighted by Crippen LogP contribution is 2.33. The molecule has 0 radical (unpaired) electrons. The lowest BCUT2D eigenvalue weighted by atomic mass is 10.1. The van der Waals surface area contributed by atoms with E-state index in [1.807, 2.05) is 0 Å². The van der Waals surface area contributed by atoms with Crippen LogP contribution >= 0.6 is 0 Å². The number of benzene rings is 1. The molecule has 0 bridgehead atoms. The van der Waals surface area contributed by atoms with Crippen molar-refractivity contribution >= 4 is 0 Å². The van der Waals surface area contributed by atoms with Crippen molar-refractivity contribution in [3.63, 3.8) is 0 Å². The topological polar surface area (TPSA) is 20.2 Å². The van der Waals surface area contributed by atoms with E-state index in [0.29, 0.717) is 6.07 Å². The highest BCUT2D eigenvalue weighted by Gasteiger charge is 2.34. The van der Waals surface area contributed by atoms with Crippen LogP contribution in [0.25, 0.3) is 0 Å². The maximum Gasteiger partial charge on any atom is 0.419 e. The normalized spacial score (nSPS) is 11.9. The predicted molar refractivity (Wildman–Crippen MR) is 42.1 cm³/mol. The molecular weight excluding hydrogens is 200 g/mol. The summed E-state index contributed by atoms with van der Waals surface area (Å²) in [5, 5.41) is 8.65. The summed E-state index contributed by atoms with van der Waals surface area (Å²) < 4.78 is 49.7. The van der Waals surface area contributed by atoms with E-state index < -0.39 is 24.2 Å². The molecule has 5 heteroatoms. The third kappa shape index (κ3) is 2.04. The molecule has 0 spiro atoms. The van der Waals surface area contributed by atoms with E-state index >= 15 is 0 Å². The molecule has 14 heavy (non-hydrogen) atoms. The summed E-state index contributed by atoms with van der Waals surface area (Å²) in [6.07, 6.45) is -4.72. The van der Waals surface area contributed by atoms with Gasteiger partial charge in [-0.2, -0.15) is 13.2 Å². The van der Waals surface area contributed by atoms with E-state index in [-0.39, 0.29) is 11.1 Å². The van der Waals surface area contributed by atoms with Gasteiger partial charge in [0, 0.05) is 0 Å². The van der Waals surface area contributed by atoms with Crippen LogP contribution in [-0.2, 0) is 12.8 Å². The van der Waals surface area contributed by atoms with Crippen molar-refractivity contribution in [2.24, 2.45) is 0 Å². The van der Waals surface area contributed by atoms with E-state index in [9.17, 15) is 17.6 Å². The summed E-state index contributed by atoms with van der Waals surface area (Å²) >= 11 is 0. The Balaban J connectivity index is 3.35.